The molecular formula is C18H21F2N3O. The van der Waals surface area contributed by atoms with Crippen molar-refractivity contribution < 1.29 is 13.6 Å². The van der Waals surface area contributed by atoms with E-state index in [2.05, 4.69) is 15.6 Å². The summed E-state index contributed by atoms with van der Waals surface area (Å²) in [5, 5.41) is 5.73. The number of hydrogen-bond acceptors (Lipinski definition) is 3. The number of aryl methyl sites for hydroxylation is 1. The number of aromatic nitrogens is 1. The Balaban J connectivity index is 2.10. The minimum atomic E-state index is -0.474. The normalized spacial score (nSPS) is 11.9. The van der Waals surface area contributed by atoms with Crippen LogP contribution in [0.5, 0.6) is 0 Å². The van der Waals surface area contributed by atoms with Crippen molar-refractivity contribution in [2.24, 2.45) is 5.92 Å². The van der Waals surface area contributed by atoms with E-state index in [-0.39, 0.29) is 17.6 Å². The van der Waals surface area contributed by atoms with Crippen LogP contribution in [0.15, 0.2) is 30.5 Å². The van der Waals surface area contributed by atoms with Crippen LogP contribution in [0.2, 0.25) is 0 Å². The Morgan fingerprint density at radius 3 is 2.62 bits per heavy atom. The predicted molar refractivity (Wildman–Crippen MR) is 90.7 cm³/mol. The van der Waals surface area contributed by atoms with Crippen LogP contribution in [0, 0.1) is 24.5 Å². The van der Waals surface area contributed by atoms with Crippen LogP contribution in [-0.4, -0.2) is 24.0 Å². The highest BCUT2D eigenvalue weighted by molar-refractivity contribution is 5.72. The molecule has 0 radical (unpaired) electrons. The summed E-state index contributed by atoms with van der Waals surface area (Å²) >= 11 is 0. The lowest BCUT2D eigenvalue weighted by Crippen LogP contribution is -2.29. The second-order valence-corrected chi connectivity index (χ2v) is 5.94. The van der Waals surface area contributed by atoms with Gasteiger partial charge < -0.3 is 10.6 Å². The molecule has 2 N–H and O–H groups in total. The molecule has 0 saturated heterocycles. The molecule has 1 amide bonds. The molecule has 1 aromatic carbocycles. The summed E-state index contributed by atoms with van der Waals surface area (Å²) in [4.78, 5) is 14.9. The number of rotatable bonds is 6. The summed E-state index contributed by atoms with van der Waals surface area (Å²) in [6, 6.07) is 6.36. The van der Waals surface area contributed by atoms with E-state index in [4.69, 9.17) is 0 Å². The van der Waals surface area contributed by atoms with Gasteiger partial charge in [0.1, 0.15) is 5.82 Å². The van der Waals surface area contributed by atoms with E-state index >= 15 is 0 Å². The number of benzene rings is 1. The third kappa shape index (κ3) is 4.75. The molecule has 128 valence electrons. The van der Waals surface area contributed by atoms with E-state index < -0.39 is 5.82 Å². The molecule has 0 bridgehead atoms. The number of carbonyl (C=O) groups is 1. The van der Waals surface area contributed by atoms with Gasteiger partial charge in [0.25, 0.3) is 0 Å². The first kappa shape index (κ1) is 17.8. The Kier molecular flexibility index (Phi) is 5.84. The van der Waals surface area contributed by atoms with Gasteiger partial charge in [0.05, 0.1) is 17.6 Å². The monoisotopic (exact) mass is 333 g/mol. The van der Waals surface area contributed by atoms with Crippen molar-refractivity contribution in [2.45, 2.75) is 20.8 Å². The molecule has 0 spiro atoms. The number of carbonyl (C=O) groups excluding carboxylic acids is 1. The van der Waals surface area contributed by atoms with Gasteiger partial charge in [0.15, 0.2) is 5.82 Å². The molecule has 1 aromatic heterocycles. The number of nitrogens with zero attached hydrogens (tertiary/aromatic N) is 1. The molecule has 0 saturated carbocycles. The number of nitrogens with one attached hydrogen (secondary N) is 2. The zero-order valence-corrected chi connectivity index (χ0v) is 14.0. The summed E-state index contributed by atoms with van der Waals surface area (Å²) in [5.41, 5.74) is 1.93. The average Bonchev–Trinajstić information content (AvgIpc) is 2.54. The van der Waals surface area contributed by atoms with E-state index in [1.165, 1.54) is 13.0 Å². The fourth-order valence-electron chi connectivity index (χ4n) is 2.16. The topological polar surface area (TPSA) is 54.0 Å². The molecule has 1 unspecified atom stereocenters. The molecule has 1 heterocycles. The quantitative estimate of drug-likeness (QED) is 0.850. The molecule has 0 aliphatic rings. The summed E-state index contributed by atoms with van der Waals surface area (Å²) in [6.45, 7) is 6.07. The summed E-state index contributed by atoms with van der Waals surface area (Å²) in [6.07, 6.45) is 1.12. The van der Waals surface area contributed by atoms with Crippen LogP contribution in [0.3, 0.4) is 0 Å². The van der Waals surface area contributed by atoms with Crippen molar-refractivity contribution in [3.63, 3.8) is 0 Å². The van der Waals surface area contributed by atoms with Crippen LogP contribution in [0.1, 0.15) is 19.4 Å². The summed E-state index contributed by atoms with van der Waals surface area (Å²) < 4.78 is 27.6. The minimum Gasteiger partial charge on any atom is -0.382 e. The molecule has 2 rings (SSSR count). The number of hydrogen-bond donors (Lipinski definition) is 2. The van der Waals surface area contributed by atoms with Crippen LogP contribution >= 0.6 is 0 Å². The van der Waals surface area contributed by atoms with Crippen LogP contribution in [-0.2, 0) is 4.79 Å². The molecule has 1 atom stereocenters. The molecule has 24 heavy (non-hydrogen) atoms. The average molecular weight is 333 g/mol. The van der Waals surface area contributed by atoms with Crippen molar-refractivity contribution >= 4 is 11.6 Å². The second kappa shape index (κ2) is 7.86. The molecular weight excluding hydrogens is 312 g/mol. The van der Waals surface area contributed by atoms with Crippen molar-refractivity contribution in [2.75, 3.05) is 18.4 Å². The molecule has 2 aromatic rings. The summed E-state index contributed by atoms with van der Waals surface area (Å²) in [5.74, 6) is -0.766. The van der Waals surface area contributed by atoms with Gasteiger partial charge in [-0.3, -0.25) is 9.78 Å². The first-order chi connectivity index (χ1) is 11.4. The Morgan fingerprint density at radius 1 is 1.21 bits per heavy atom. The van der Waals surface area contributed by atoms with Gasteiger partial charge in [-0.15, -0.1) is 0 Å². The Morgan fingerprint density at radius 2 is 1.96 bits per heavy atom. The largest absolute Gasteiger partial charge is 0.382 e. The van der Waals surface area contributed by atoms with Gasteiger partial charge in [-0.2, -0.15) is 0 Å². The van der Waals surface area contributed by atoms with Gasteiger partial charge in [0.2, 0.25) is 5.91 Å². The van der Waals surface area contributed by atoms with Gasteiger partial charge in [-0.05, 0) is 30.5 Å². The number of anilines is 1. The van der Waals surface area contributed by atoms with Gasteiger partial charge in [-0.25, -0.2) is 8.78 Å². The van der Waals surface area contributed by atoms with Crippen molar-refractivity contribution in [1.29, 1.82) is 0 Å². The van der Waals surface area contributed by atoms with Gasteiger partial charge >= 0.3 is 0 Å². The van der Waals surface area contributed by atoms with Gasteiger partial charge in [-0.1, -0.05) is 19.1 Å². The fraction of sp³-hybridized carbons (Fsp3) is 0.333. The number of halogens is 2. The minimum absolute atomic E-state index is 0.0966. The second-order valence-electron chi connectivity index (χ2n) is 5.94. The molecule has 0 fully saturated rings. The standard InChI is InChI=1S/C18H21F2N3O/c1-11(8-21-13(3)24)9-22-18-7-17(23-10-16(18)20)14-5-4-12(2)15(19)6-14/h4-7,10-11H,8-9H2,1-3H3,(H,21,24)(H,22,23). The lowest BCUT2D eigenvalue weighted by Gasteiger charge is -2.15. The first-order valence-corrected chi connectivity index (χ1v) is 7.77. The highest BCUT2D eigenvalue weighted by Crippen LogP contribution is 2.24. The van der Waals surface area contributed by atoms with Crippen LogP contribution in [0.4, 0.5) is 14.5 Å². The van der Waals surface area contributed by atoms with E-state index in [0.717, 1.165) is 6.20 Å². The third-order valence-corrected chi connectivity index (χ3v) is 3.66. The van der Waals surface area contributed by atoms with Crippen LogP contribution in [0.25, 0.3) is 11.3 Å². The SMILES string of the molecule is CC(=O)NCC(C)CNc1cc(-c2ccc(C)c(F)c2)ncc1F. The third-order valence-electron chi connectivity index (χ3n) is 3.66. The zero-order chi connectivity index (χ0) is 17.7. The smallest absolute Gasteiger partial charge is 0.216 e. The van der Waals surface area contributed by atoms with E-state index in [0.29, 0.717) is 35.6 Å². The zero-order valence-electron chi connectivity index (χ0n) is 14.0. The highest BCUT2D eigenvalue weighted by atomic mass is 19.1. The molecule has 6 heteroatoms. The predicted octanol–water partition coefficient (Wildman–Crippen LogP) is 3.52. The summed E-state index contributed by atoms with van der Waals surface area (Å²) in [7, 11) is 0. The Hall–Kier alpha value is -2.50. The van der Waals surface area contributed by atoms with Crippen molar-refractivity contribution in [1.82, 2.24) is 10.3 Å². The Bertz CT molecular complexity index is 734. The van der Waals surface area contributed by atoms with E-state index in [9.17, 15) is 13.6 Å². The van der Waals surface area contributed by atoms with Gasteiger partial charge in [0, 0.05) is 25.6 Å². The fourth-order valence-corrected chi connectivity index (χ4v) is 2.16. The van der Waals surface area contributed by atoms with Crippen molar-refractivity contribution in [3.8, 4) is 11.3 Å². The Labute approximate surface area is 140 Å². The highest BCUT2D eigenvalue weighted by Gasteiger charge is 2.10. The van der Waals surface area contributed by atoms with Crippen molar-refractivity contribution in [3.05, 3.63) is 47.7 Å². The first-order valence-electron chi connectivity index (χ1n) is 7.77. The molecule has 0 aliphatic heterocycles. The lowest BCUT2D eigenvalue weighted by molar-refractivity contribution is -0.119. The number of pyridine rings is 1. The maximum atomic E-state index is 13.9. The van der Waals surface area contributed by atoms with E-state index in [1.807, 2.05) is 6.92 Å². The van der Waals surface area contributed by atoms with E-state index in [1.54, 1.807) is 25.1 Å². The molecule has 4 nitrogen and oxygen atoms in total. The molecule has 0 aliphatic carbocycles. The maximum Gasteiger partial charge on any atom is 0.216 e. The number of amides is 1. The van der Waals surface area contributed by atoms with Crippen LogP contribution < -0.4 is 10.6 Å². The lowest BCUT2D eigenvalue weighted by atomic mass is 10.1. The maximum absolute atomic E-state index is 13.9.